The van der Waals surface area contributed by atoms with Crippen LogP contribution in [0.5, 0.6) is 0 Å². The summed E-state index contributed by atoms with van der Waals surface area (Å²) < 4.78 is 0. The highest BCUT2D eigenvalue weighted by molar-refractivity contribution is 6.03. The lowest BCUT2D eigenvalue weighted by atomic mass is 9.95. The molecule has 0 saturated carbocycles. The van der Waals surface area contributed by atoms with E-state index in [1.807, 2.05) is 24.3 Å². The molecule has 10 heteroatoms. The topological polar surface area (TPSA) is 110 Å². The molecule has 2 N–H and O–H groups in total. The first-order valence-electron chi connectivity index (χ1n) is 9.83. The van der Waals surface area contributed by atoms with Gasteiger partial charge in [-0.15, -0.1) is 0 Å². The maximum absolute atomic E-state index is 12.9. The van der Waals surface area contributed by atoms with Crippen molar-refractivity contribution in [3.05, 3.63) is 29.8 Å². The Hall–Kier alpha value is -3.27. The van der Waals surface area contributed by atoms with Crippen LogP contribution >= 0.6 is 0 Å². The lowest BCUT2D eigenvalue weighted by molar-refractivity contribution is -0.135. The molecule has 0 bridgehead atoms. The number of likely N-dealkylation sites (N-methyl/N-ethyl adjacent to an activating group) is 3. The van der Waals surface area contributed by atoms with Gasteiger partial charge < -0.3 is 15.5 Å². The van der Waals surface area contributed by atoms with Crippen LogP contribution in [0.3, 0.4) is 0 Å². The smallest absolute Gasteiger partial charge is 0.328 e. The number of carbonyl (C=O) groups is 3. The van der Waals surface area contributed by atoms with Crippen molar-refractivity contribution in [2.24, 2.45) is 9.98 Å². The van der Waals surface area contributed by atoms with Crippen molar-refractivity contribution in [1.82, 2.24) is 25.3 Å². The van der Waals surface area contributed by atoms with Gasteiger partial charge in [-0.05, 0) is 11.6 Å². The van der Waals surface area contributed by atoms with Crippen LogP contribution in [0.15, 0.2) is 34.3 Å². The molecular weight excluding hydrogens is 386 g/mol. The lowest BCUT2D eigenvalue weighted by Crippen LogP contribution is -2.65. The molecule has 3 atom stereocenters. The molecule has 3 aliphatic heterocycles. The average molecular weight is 411 g/mol. The number of amides is 4. The van der Waals surface area contributed by atoms with E-state index in [1.165, 1.54) is 7.05 Å². The molecule has 30 heavy (non-hydrogen) atoms. The van der Waals surface area contributed by atoms with Crippen molar-refractivity contribution < 1.29 is 14.4 Å². The van der Waals surface area contributed by atoms with Gasteiger partial charge in [-0.1, -0.05) is 18.2 Å². The summed E-state index contributed by atoms with van der Waals surface area (Å²) in [7, 11) is 4.87. The fraction of sp³-hybridized carbons (Fsp3) is 0.450. The minimum atomic E-state index is -0.566. The molecule has 4 rings (SSSR count). The molecule has 0 aliphatic carbocycles. The Labute approximate surface area is 174 Å². The number of hydrogen-bond acceptors (Lipinski definition) is 7. The summed E-state index contributed by atoms with van der Waals surface area (Å²) in [4.78, 5) is 50.7. The number of benzene rings is 1. The Morgan fingerprint density at radius 3 is 2.77 bits per heavy atom. The van der Waals surface area contributed by atoms with E-state index < -0.39 is 12.2 Å². The maximum atomic E-state index is 12.9. The van der Waals surface area contributed by atoms with Crippen LogP contribution in [0.25, 0.3) is 0 Å². The summed E-state index contributed by atoms with van der Waals surface area (Å²) in [5.74, 6) is -0.364. The van der Waals surface area contributed by atoms with Gasteiger partial charge >= 0.3 is 6.03 Å². The first kappa shape index (κ1) is 20.0. The van der Waals surface area contributed by atoms with Gasteiger partial charge in [-0.2, -0.15) is 0 Å². The van der Waals surface area contributed by atoms with Crippen LogP contribution < -0.4 is 10.6 Å². The normalized spacial score (nSPS) is 25.2. The van der Waals surface area contributed by atoms with E-state index >= 15 is 0 Å². The molecule has 3 unspecified atom stereocenters. The molecule has 158 valence electrons. The second-order valence-electron chi connectivity index (χ2n) is 7.64. The summed E-state index contributed by atoms with van der Waals surface area (Å²) in [5, 5.41) is 5.88. The highest BCUT2D eigenvalue weighted by Crippen LogP contribution is 2.34. The van der Waals surface area contributed by atoms with E-state index in [0.29, 0.717) is 6.42 Å². The molecule has 1 saturated heterocycles. The molecule has 0 radical (unpaired) electrons. The average Bonchev–Trinajstić information content (AvgIpc) is 3.14. The van der Waals surface area contributed by atoms with Crippen molar-refractivity contribution in [2.45, 2.75) is 24.7 Å². The number of nitrogens with one attached hydrogen (secondary N) is 2. The number of imide groups is 1. The summed E-state index contributed by atoms with van der Waals surface area (Å²) in [6.07, 6.45) is 1.58. The molecule has 3 heterocycles. The van der Waals surface area contributed by atoms with Gasteiger partial charge in [-0.3, -0.25) is 24.4 Å². The molecule has 10 nitrogen and oxygen atoms in total. The molecule has 1 aromatic carbocycles. The molecule has 0 spiro atoms. The lowest BCUT2D eigenvalue weighted by Gasteiger charge is -2.41. The molecule has 3 aliphatic rings. The molecule has 0 aromatic heterocycles. The summed E-state index contributed by atoms with van der Waals surface area (Å²) in [6.45, 7) is 0.442. The fourth-order valence-electron chi connectivity index (χ4n) is 4.08. The third kappa shape index (κ3) is 3.43. The Balaban J connectivity index is 1.58. The Morgan fingerprint density at radius 2 is 2.00 bits per heavy atom. The number of fused-ring (bicyclic) bond motifs is 2. The van der Waals surface area contributed by atoms with Crippen LogP contribution in [0.1, 0.15) is 18.0 Å². The van der Waals surface area contributed by atoms with Gasteiger partial charge in [0.25, 0.3) is 5.91 Å². The predicted octanol–water partition coefficient (Wildman–Crippen LogP) is 0.102. The Bertz CT molecular complexity index is 944. The van der Waals surface area contributed by atoms with E-state index in [1.54, 1.807) is 30.2 Å². The van der Waals surface area contributed by atoms with E-state index in [-0.39, 0.29) is 37.0 Å². The summed E-state index contributed by atoms with van der Waals surface area (Å²) >= 11 is 0. The van der Waals surface area contributed by atoms with Crippen molar-refractivity contribution in [3.8, 4) is 0 Å². The van der Waals surface area contributed by atoms with Crippen molar-refractivity contribution >= 4 is 35.6 Å². The van der Waals surface area contributed by atoms with E-state index in [9.17, 15) is 14.4 Å². The number of nitrogens with zero attached hydrogens (tertiary/aromatic N) is 5. The Morgan fingerprint density at radius 1 is 1.23 bits per heavy atom. The predicted molar refractivity (Wildman–Crippen MR) is 112 cm³/mol. The number of rotatable bonds is 5. The van der Waals surface area contributed by atoms with E-state index in [0.717, 1.165) is 21.9 Å². The SMILES string of the molecule is CNC(=O)CNC1CC(CN2C(=O)N(C)C(=O)C3C2N=CN3C)=Nc2ccccc21. The fourth-order valence-corrected chi connectivity index (χ4v) is 4.08. The third-order valence-corrected chi connectivity index (χ3v) is 5.73. The summed E-state index contributed by atoms with van der Waals surface area (Å²) in [6, 6.07) is 6.75. The van der Waals surface area contributed by atoms with Gasteiger partial charge in [0, 0.05) is 39.3 Å². The zero-order chi connectivity index (χ0) is 21.4. The minimum absolute atomic E-state index is 0.101. The summed E-state index contributed by atoms with van der Waals surface area (Å²) in [5.41, 5.74) is 2.62. The van der Waals surface area contributed by atoms with Gasteiger partial charge in [0.15, 0.2) is 12.2 Å². The first-order chi connectivity index (χ1) is 14.4. The minimum Gasteiger partial charge on any atom is -0.358 e. The number of aliphatic imine (C=N–C) groups is 2. The molecule has 1 aromatic rings. The second kappa shape index (κ2) is 7.86. The number of para-hydroxylation sites is 1. The van der Waals surface area contributed by atoms with Crippen molar-refractivity contribution in [3.63, 3.8) is 0 Å². The number of carbonyl (C=O) groups excluding carboxylic acids is 3. The van der Waals surface area contributed by atoms with Crippen LogP contribution in [-0.2, 0) is 9.59 Å². The van der Waals surface area contributed by atoms with Gasteiger partial charge in [0.2, 0.25) is 5.91 Å². The van der Waals surface area contributed by atoms with Crippen LogP contribution in [-0.4, -0.2) is 91.0 Å². The largest absolute Gasteiger partial charge is 0.358 e. The van der Waals surface area contributed by atoms with Crippen LogP contribution in [0.2, 0.25) is 0 Å². The van der Waals surface area contributed by atoms with Gasteiger partial charge in [0.05, 0.1) is 25.1 Å². The molecular formula is C20H25N7O3. The molecule has 4 amide bonds. The zero-order valence-corrected chi connectivity index (χ0v) is 17.2. The van der Waals surface area contributed by atoms with Crippen LogP contribution in [0, 0.1) is 0 Å². The third-order valence-electron chi connectivity index (χ3n) is 5.73. The highest BCUT2D eigenvalue weighted by atomic mass is 16.2. The number of urea groups is 1. The van der Waals surface area contributed by atoms with Crippen molar-refractivity contribution in [1.29, 1.82) is 0 Å². The van der Waals surface area contributed by atoms with Crippen LogP contribution in [0.4, 0.5) is 10.5 Å². The molecule has 1 fully saturated rings. The highest BCUT2D eigenvalue weighted by Gasteiger charge is 2.49. The van der Waals surface area contributed by atoms with Gasteiger partial charge in [-0.25, -0.2) is 9.79 Å². The zero-order valence-electron chi connectivity index (χ0n) is 17.2. The quantitative estimate of drug-likeness (QED) is 0.714. The Kier molecular flexibility index (Phi) is 5.25. The van der Waals surface area contributed by atoms with Crippen molar-refractivity contribution in [2.75, 3.05) is 34.2 Å². The van der Waals surface area contributed by atoms with Gasteiger partial charge in [0.1, 0.15) is 0 Å². The maximum Gasteiger partial charge on any atom is 0.328 e. The van der Waals surface area contributed by atoms with E-state index in [4.69, 9.17) is 4.99 Å². The second-order valence-corrected chi connectivity index (χ2v) is 7.64. The number of hydrogen-bond donors (Lipinski definition) is 2. The monoisotopic (exact) mass is 411 g/mol. The standard InChI is InChI=1S/C20H25N7O3/c1-21-16(28)9-22-15-8-12(24-14-7-5-4-6-13(14)15)10-27-18-17(25(2)11-23-18)19(29)26(3)20(27)30/h4-7,11,15,17-18,22H,8-10H2,1-3H3,(H,21,28). The first-order valence-corrected chi connectivity index (χ1v) is 9.83. The van der Waals surface area contributed by atoms with E-state index in [2.05, 4.69) is 15.6 Å².